The van der Waals surface area contributed by atoms with Crippen molar-refractivity contribution in [2.24, 2.45) is 4.99 Å². The summed E-state index contributed by atoms with van der Waals surface area (Å²) in [5, 5.41) is 2.92. The number of fused-ring (bicyclic) bond motifs is 1. The number of carbonyl (C=O) groups is 4. The molecule has 1 spiro atoms. The number of hydrogen-bond donors (Lipinski definition) is 1. The highest BCUT2D eigenvalue weighted by atomic mass is 16.5. The van der Waals surface area contributed by atoms with E-state index in [4.69, 9.17) is 14.2 Å². The van der Waals surface area contributed by atoms with E-state index in [-0.39, 0.29) is 23.5 Å². The lowest BCUT2D eigenvalue weighted by Crippen LogP contribution is -2.58. The number of amides is 2. The molecule has 3 aliphatic rings. The molecular weight excluding hydrogens is 540 g/mol. The minimum Gasteiger partial charge on any atom is -0.467 e. The van der Waals surface area contributed by atoms with E-state index in [1.165, 1.54) is 26.2 Å². The molecule has 2 unspecified atom stereocenters. The molecule has 0 aliphatic carbocycles. The Labute approximate surface area is 244 Å². The molecule has 3 atom stereocenters. The number of esters is 3. The van der Waals surface area contributed by atoms with Gasteiger partial charge in [0.1, 0.15) is 11.9 Å². The van der Waals surface area contributed by atoms with Crippen molar-refractivity contribution >= 4 is 35.5 Å². The standard InChI is InChI=1S/C31H34N4O7/c1-30(2,3)33-29(39)35-21(25(36)40-4)16-31-19-14-10-11-15-20(19)34(17-18-12-8-7-9-13-18)24(31)22(26(37)41-5)23(27(38)42-6)32-28(31)35/h7-15,21,24H,16-17H2,1-6H3,(H,33,39)/t21?,24?,31-/m0/s1. The number of urea groups is 1. The van der Waals surface area contributed by atoms with Crippen LogP contribution in [-0.2, 0) is 40.6 Å². The number of carbonyl (C=O) groups excluding carboxylic acids is 4. The molecule has 220 valence electrons. The van der Waals surface area contributed by atoms with Gasteiger partial charge in [0.15, 0.2) is 5.70 Å². The first-order valence-electron chi connectivity index (χ1n) is 13.6. The van der Waals surface area contributed by atoms with E-state index in [0.29, 0.717) is 6.54 Å². The Bertz CT molecular complexity index is 1510. The number of para-hydroxylation sites is 1. The van der Waals surface area contributed by atoms with Crippen molar-refractivity contribution in [1.29, 1.82) is 0 Å². The summed E-state index contributed by atoms with van der Waals surface area (Å²) in [7, 11) is 3.67. The van der Waals surface area contributed by atoms with Gasteiger partial charge in [-0.3, -0.25) is 4.90 Å². The molecule has 2 aromatic rings. The van der Waals surface area contributed by atoms with Crippen LogP contribution >= 0.6 is 0 Å². The molecule has 0 saturated carbocycles. The first kappa shape index (κ1) is 28.8. The largest absolute Gasteiger partial charge is 0.467 e. The van der Waals surface area contributed by atoms with Gasteiger partial charge in [0.2, 0.25) is 0 Å². The second-order valence-electron chi connectivity index (χ2n) is 11.5. The van der Waals surface area contributed by atoms with Crippen molar-refractivity contribution in [3.8, 4) is 0 Å². The van der Waals surface area contributed by atoms with Crippen molar-refractivity contribution < 1.29 is 33.4 Å². The molecule has 0 bridgehead atoms. The maximum atomic E-state index is 13.9. The zero-order valence-corrected chi connectivity index (χ0v) is 24.5. The summed E-state index contributed by atoms with van der Waals surface area (Å²) in [6, 6.07) is 14.7. The maximum absolute atomic E-state index is 13.9. The Morgan fingerprint density at radius 1 is 0.929 bits per heavy atom. The molecular formula is C31H34N4O7. The highest BCUT2D eigenvalue weighted by Crippen LogP contribution is 2.58. The average Bonchev–Trinajstić information content (AvgIpc) is 3.46. The zero-order chi connectivity index (χ0) is 30.4. The summed E-state index contributed by atoms with van der Waals surface area (Å²) >= 11 is 0. The van der Waals surface area contributed by atoms with Gasteiger partial charge in [0, 0.05) is 17.8 Å². The fraction of sp³-hybridized carbons (Fsp3) is 0.387. The van der Waals surface area contributed by atoms with Crippen LogP contribution in [0, 0.1) is 0 Å². The van der Waals surface area contributed by atoms with Crippen molar-refractivity contribution in [3.63, 3.8) is 0 Å². The number of likely N-dealkylation sites (tertiary alicyclic amines) is 1. The van der Waals surface area contributed by atoms with Crippen molar-refractivity contribution in [3.05, 3.63) is 77.0 Å². The van der Waals surface area contributed by atoms with Crippen LogP contribution in [0.25, 0.3) is 0 Å². The number of rotatable bonds is 5. The van der Waals surface area contributed by atoms with E-state index in [2.05, 4.69) is 10.3 Å². The lowest BCUT2D eigenvalue weighted by molar-refractivity contribution is -0.144. The summed E-state index contributed by atoms with van der Waals surface area (Å²) in [4.78, 5) is 62.1. The van der Waals surface area contributed by atoms with Crippen molar-refractivity contribution in [2.75, 3.05) is 26.2 Å². The monoisotopic (exact) mass is 574 g/mol. The number of benzene rings is 2. The first-order chi connectivity index (χ1) is 20.0. The predicted octanol–water partition coefficient (Wildman–Crippen LogP) is 3.08. The van der Waals surface area contributed by atoms with Crippen LogP contribution in [0.1, 0.15) is 38.3 Å². The second kappa shape index (κ2) is 10.6. The number of nitrogens with zero attached hydrogens (tertiary/aromatic N) is 3. The van der Waals surface area contributed by atoms with Crippen LogP contribution in [0.15, 0.2) is 70.9 Å². The van der Waals surface area contributed by atoms with E-state index in [9.17, 15) is 19.2 Å². The minimum absolute atomic E-state index is 0.0121. The smallest absolute Gasteiger partial charge is 0.357 e. The number of nitrogens with one attached hydrogen (secondary N) is 1. The highest BCUT2D eigenvalue weighted by Gasteiger charge is 2.68. The SMILES string of the molecule is COC(=O)C1=C(C(=O)OC)C2N(Cc3ccccc3)c3ccccc3[C@@]23CC(C(=O)OC)N(C(=O)NC(C)(C)C)C3=N1. The molecule has 1 N–H and O–H groups in total. The van der Waals surface area contributed by atoms with Crippen LogP contribution in [0.3, 0.4) is 0 Å². The summed E-state index contributed by atoms with van der Waals surface area (Å²) in [5.41, 5.74) is 0.325. The Morgan fingerprint density at radius 3 is 2.19 bits per heavy atom. The maximum Gasteiger partial charge on any atom is 0.357 e. The molecule has 2 amide bonds. The van der Waals surface area contributed by atoms with Gasteiger partial charge in [-0.2, -0.15) is 0 Å². The molecule has 1 saturated heterocycles. The Morgan fingerprint density at radius 2 is 1.57 bits per heavy atom. The van der Waals surface area contributed by atoms with Gasteiger partial charge in [0.25, 0.3) is 0 Å². The van der Waals surface area contributed by atoms with Crippen molar-refractivity contribution in [2.45, 2.75) is 56.8 Å². The average molecular weight is 575 g/mol. The summed E-state index contributed by atoms with van der Waals surface area (Å²) in [6.07, 6.45) is 0.0536. The minimum atomic E-state index is -1.19. The van der Waals surface area contributed by atoms with Gasteiger partial charge in [-0.05, 0) is 44.4 Å². The third-order valence-corrected chi connectivity index (χ3v) is 7.83. The van der Waals surface area contributed by atoms with E-state index in [1.54, 1.807) is 0 Å². The van der Waals surface area contributed by atoms with Crippen LogP contribution in [-0.4, -0.2) is 73.6 Å². The topological polar surface area (TPSA) is 127 Å². The molecule has 0 aromatic heterocycles. The molecule has 3 aliphatic heterocycles. The number of anilines is 1. The van der Waals surface area contributed by atoms with Gasteiger partial charge >= 0.3 is 23.9 Å². The van der Waals surface area contributed by atoms with Crippen LogP contribution in [0.2, 0.25) is 0 Å². The summed E-state index contributed by atoms with van der Waals surface area (Å²) in [6.45, 7) is 5.80. The molecule has 11 nitrogen and oxygen atoms in total. The Balaban J connectivity index is 1.84. The van der Waals surface area contributed by atoms with Crippen molar-refractivity contribution in [1.82, 2.24) is 10.2 Å². The van der Waals surface area contributed by atoms with Gasteiger partial charge in [-0.1, -0.05) is 48.5 Å². The quantitative estimate of drug-likeness (QED) is 0.427. The zero-order valence-electron chi connectivity index (χ0n) is 24.5. The third-order valence-electron chi connectivity index (χ3n) is 7.83. The fourth-order valence-electron chi connectivity index (χ4n) is 6.29. The lowest BCUT2D eigenvalue weighted by atomic mass is 9.69. The van der Waals surface area contributed by atoms with Gasteiger partial charge in [0.05, 0.1) is 38.4 Å². The van der Waals surface area contributed by atoms with Crippen LogP contribution in [0.4, 0.5) is 10.5 Å². The van der Waals surface area contributed by atoms with E-state index in [0.717, 1.165) is 16.8 Å². The van der Waals surface area contributed by atoms with Gasteiger partial charge in [-0.25, -0.2) is 24.2 Å². The first-order valence-corrected chi connectivity index (χ1v) is 13.6. The number of amidine groups is 1. The second-order valence-corrected chi connectivity index (χ2v) is 11.5. The molecule has 5 rings (SSSR count). The fourth-order valence-corrected chi connectivity index (χ4v) is 6.29. The number of methoxy groups -OCH3 is 3. The third kappa shape index (κ3) is 4.49. The van der Waals surface area contributed by atoms with Gasteiger partial charge < -0.3 is 24.4 Å². The number of hydrogen-bond acceptors (Lipinski definition) is 9. The Hall–Kier alpha value is -4.67. The van der Waals surface area contributed by atoms with E-state index >= 15 is 0 Å². The molecule has 3 heterocycles. The summed E-state index contributed by atoms with van der Waals surface area (Å²) in [5.74, 6) is -2.13. The van der Waals surface area contributed by atoms with E-state index in [1.807, 2.05) is 80.3 Å². The normalized spacial score (nSPS) is 22.5. The number of ether oxygens (including phenoxy) is 3. The highest BCUT2D eigenvalue weighted by molar-refractivity contribution is 6.17. The van der Waals surface area contributed by atoms with Crippen LogP contribution < -0.4 is 10.2 Å². The lowest BCUT2D eigenvalue weighted by Gasteiger charge is -2.41. The van der Waals surface area contributed by atoms with Crippen LogP contribution in [0.5, 0.6) is 0 Å². The summed E-state index contributed by atoms with van der Waals surface area (Å²) < 4.78 is 15.5. The molecule has 11 heteroatoms. The molecule has 0 radical (unpaired) electrons. The Kier molecular flexibility index (Phi) is 7.30. The van der Waals surface area contributed by atoms with Gasteiger partial charge in [-0.15, -0.1) is 0 Å². The number of aliphatic imine (C=N–C) groups is 1. The molecule has 42 heavy (non-hydrogen) atoms. The predicted molar refractivity (Wildman–Crippen MR) is 154 cm³/mol. The molecule has 2 aromatic carbocycles. The molecule has 1 fully saturated rings. The van der Waals surface area contributed by atoms with E-state index < -0.39 is 47.0 Å².